The third-order valence-corrected chi connectivity index (χ3v) is 5.68. The lowest BCUT2D eigenvalue weighted by atomic mass is 9.68. The van der Waals surface area contributed by atoms with Gasteiger partial charge in [-0.1, -0.05) is 55.2 Å². The largest absolute Gasteiger partial charge is 0.352 e. The van der Waals surface area contributed by atoms with E-state index >= 15 is 0 Å². The molecule has 1 aliphatic rings. The van der Waals surface area contributed by atoms with Crippen molar-refractivity contribution in [1.29, 1.82) is 0 Å². The summed E-state index contributed by atoms with van der Waals surface area (Å²) in [6.07, 6.45) is 1.16. The van der Waals surface area contributed by atoms with Crippen molar-refractivity contribution >= 4 is 29.1 Å². The minimum absolute atomic E-state index is 0.0384. The maximum Gasteiger partial charge on any atom is 0.220 e. The van der Waals surface area contributed by atoms with Crippen LogP contribution in [-0.2, 0) is 10.2 Å². The second-order valence-electron chi connectivity index (χ2n) is 7.09. The van der Waals surface area contributed by atoms with Gasteiger partial charge in [-0.2, -0.15) is 0 Å². The molecule has 2 atom stereocenters. The highest BCUT2D eigenvalue weighted by atomic mass is 35.5. The summed E-state index contributed by atoms with van der Waals surface area (Å²) >= 11 is 12.0. The molecule has 2 nitrogen and oxygen atoms in total. The van der Waals surface area contributed by atoms with E-state index in [1.165, 1.54) is 6.07 Å². The van der Waals surface area contributed by atoms with Gasteiger partial charge in [-0.05, 0) is 41.8 Å². The van der Waals surface area contributed by atoms with Crippen LogP contribution in [0.2, 0.25) is 10.0 Å². The summed E-state index contributed by atoms with van der Waals surface area (Å²) in [5, 5.41) is 3.93. The van der Waals surface area contributed by atoms with Gasteiger partial charge in [0, 0.05) is 28.8 Å². The molecule has 1 heterocycles. The number of rotatable bonds is 3. The average molecular weight is 380 g/mol. The van der Waals surface area contributed by atoms with Crippen LogP contribution in [0.5, 0.6) is 0 Å². The van der Waals surface area contributed by atoms with Gasteiger partial charge in [-0.15, -0.1) is 0 Å². The Hall–Kier alpha value is -1.58. The van der Waals surface area contributed by atoms with Crippen molar-refractivity contribution < 1.29 is 9.18 Å². The Morgan fingerprint density at radius 3 is 2.44 bits per heavy atom. The van der Waals surface area contributed by atoms with Crippen LogP contribution in [0.3, 0.4) is 0 Å². The highest BCUT2D eigenvalue weighted by Gasteiger charge is 2.41. The predicted molar refractivity (Wildman–Crippen MR) is 99.8 cm³/mol. The monoisotopic (exact) mass is 379 g/mol. The van der Waals surface area contributed by atoms with E-state index in [0.717, 1.165) is 11.1 Å². The fourth-order valence-corrected chi connectivity index (χ4v) is 3.96. The fraction of sp³-hybridized carbons (Fsp3) is 0.350. The maximum absolute atomic E-state index is 13.5. The van der Waals surface area contributed by atoms with Gasteiger partial charge in [0.15, 0.2) is 0 Å². The van der Waals surface area contributed by atoms with Gasteiger partial charge in [-0.25, -0.2) is 4.39 Å². The second-order valence-corrected chi connectivity index (χ2v) is 7.94. The Labute approximate surface area is 157 Å². The van der Waals surface area contributed by atoms with E-state index in [1.54, 1.807) is 12.1 Å². The summed E-state index contributed by atoms with van der Waals surface area (Å²) in [7, 11) is 0. The molecule has 0 aliphatic carbocycles. The molecule has 0 aromatic heterocycles. The molecule has 2 aromatic carbocycles. The Morgan fingerprint density at radius 2 is 1.80 bits per heavy atom. The number of carbonyl (C=O) groups is 1. The number of hydrogen-bond acceptors (Lipinski definition) is 1. The first-order valence-electron chi connectivity index (χ1n) is 8.29. The molecule has 1 fully saturated rings. The molecule has 1 aliphatic heterocycles. The summed E-state index contributed by atoms with van der Waals surface area (Å²) in [6.45, 7) is 4.20. The lowest BCUT2D eigenvalue weighted by Crippen LogP contribution is -2.53. The van der Waals surface area contributed by atoms with Gasteiger partial charge < -0.3 is 5.32 Å². The molecule has 2 aromatic rings. The minimum atomic E-state index is -0.432. The summed E-state index contributed by atoms with van der Waals surface area (Å²) < 4.78 is 13.5. The summed E-state index contributed by atoms with van der Waals surface area (Å²) in [6, 6.07) is 12.4. The van der Waals surface area contributed by atoms with Crippen LogP contribution in [0, 0.1) is 5.82 Å². The molecule has 25 heavy (non-hydrogen) atoms. The number of benzene rings is 2. The lowest BCUT2D eigenvalue weighted by molar-refractivity contribution is -0.124. The molecule has 1 N–H and O–H groups in total. The van der Waals surface area contributed by atoms with Gasteiger partial charge >= 0.3 is 0 Å². The number of halogens is 3. The minimum Gasteiger partial charge on any atom is -0.352 e. The third kappa shape index (κ3) is 3.68. The normalized spacial score (nSPS) is 21.1. The van der Waals surface area contributed by atoms with E-state index in [9.17, 15) is 9.18 Å². The molecule has 0 unspecified atom stereocenters. The van der Waals surface area contributed by atoms with E-state index in [-0.39, 0.29) is 28.3 Å². The molecule has 0 radical (unpaired) electrons. The average Bonchev–Trinajstić information content (AvgIpc) is 2.58. The van der Waals surface area contributed by atoms with Crippen molar-refractivity contribution in [2.45, 2.75) is 44.1 Å². The van der Waals surface area contributed by atoms with Crippen molar-refractivity contribution in [1.82, 2.24) is 5.32 Å². The van der Waals surface area contributed by atoms with Gasteiger partial charge in [0.1, 0.15) is 5.82 Å². The molecular formula is C20H20Cl2FNO. The van der Waals surface area contributed by atoms with Crippen molar-refractivity contribution in [3.8, 4) is 0 Å². The lowest BCUT2D eigenvalue weighted by Gasteiger charge is -2.43. The molecule has 0 saturated carbocycles. The quantitative estimate of drug-likeness (QED) is 0.752. The number of carbonyl (C=O) groups excluding carboxylic acids is 1. The topological polar surface area (TPSA) is 29.1 Å². The first-order chi connectivity index (χ1) is 11.8. The number of amides is 1. The zero-order chi connectivity index (χ0) is 18.2. The Bertz CT molecular complexity index is 789. The molecule has 0 spiro atoms. The number of piperidine rings is 1. The van der Waals surface area contributed by atoms with E-state index in [2.05, 4.69) is 19.2 Å². The van der Waals surface area contributed by atoms with Crippen molar-refractivity contribution in [3.63, 3.8) is 0 Å². The van der Waals surface area contributed by atoms with Crippen LogP contribution in [-0.4, -0.2) is 11.9 Å². The molecule has 1 saturated heterocycles. The molecule has 1 amide bonds. The maximum atomic E-state index is 13.5. The van der Waals surface area contributed by atoms with Crippen molar-refractivity contribution in [2.24, 2.45) is 0 Å². The van der Waals surface area contributed by atoms with E-state index in [1.807, 2.05) is 24.3 Å². The van der Waals surface area contributed by atoms with E-state index < -0.39 is 5.82 Å². The van der Waals surface area contributed by atoms with Crippen LogP contribution in [0.25, 0.3) is 0 Å². The molecule has 5 heteroatoms. The smallest absolute Gasteiger partial charge is 0.220 e. The Balaban J connectivity index is 2.00. The van der Waals surface area contributed by atoms with E-state index in [4.69, 9.17) is 23.2 Å². The van der Waals surface area contributed by atoms with Crippen LogP contribution in [0.1, 0.15) is 43.7 Å². The fourth-order valence-electron chi connectivity index (χ4n) is 3.64. The SMILES string of the molecule is CC(C)(c1ccc(Cl)cc1)[C@H]1NC(=O)CC[C@@H]1c1ccc(F)c(Cl)c1. The van der Waals surface area contributed by atoms with Crippen LogP contribution in [0.4, 0.5) is 4.39 Å². The molecule has 132 valence electrons. The van der Waals surface area contributed by atoms with Gasteiger partial charge in [0.05, 0.1) is 5.02 Å². The molecular weight excluding hydrogens is 360 g/mol. The predicted octanol–water partition coefficient (Wildman–Crippen LogP) is 5.47. The highest BCUT2D eigenvalue weighted by Crippen LogP contribution is 2.40. The van der Waals surface area contributed by atoms with Crippen LogP contribution in [0.15, 0.2) is 42.5 Å². The van der Waals surface area contributed by atoms with Crippen LogP contribution >= 0.6 is 23.2 Å². The van der Waals surface area contributed by atoms with Gasteiger partial charge in [0.25, 0.3) is 0 Å². The highest BCUT2D eigenvalue weighted by molar-refractivity contribution is 6.31. The van der Waals surface area contributed by atoms with Gasteiger partial charge in [-0.3, -0.25) is 4.79 Å². The first-order valence-corrected chi connectivity index (χ1v) is 9.05. The zero-order valence-electron chi connectivity index (χ0n) is 14.2. The summed E-state index contributed by atoms with van der Waals surface area (Å²) in [5.41, 5.74) is 1.70. The third-order valence-electron chi connectivity index (χ3n) is 5.14. The van der Waals surface area contributed by atoms with Crippen molar-refractivity contribution in [2.75, 3.05) is 0 Å². The van der Waals surface area contributed by atoms with Gasteiger partial charge in [0.2, 0.25) is 5.91 Å². The molecule has 3 rings (SSSR count). The zero-order valence-corrected chi connectivity index (χ0v) is 15.7. The number of hydrogen-bond donors (Lipinski definition) is 1. The van der Waals surface area contributed by atoms with Crippen LogP contribution < -0.4 is 5.32 Å². The van der Waals surface area contributed by atoms with Crippen molar-refractivity contribution in [3.05, 3.63) is 69.5 Å². The molecule has 0 bridgehead atoms. The summed E-state index contributed by atoms with van der Waals surface area (Å²) in [5.74, 6) is -0.336. The van der Waals surface area contributed by atoms with E-state index in [0.29, 0.717) is 17.9 Å². The standard InChI is InChI=1S/C20H20Cl2FNO/c1-20(2,13-4-6-14(21)7-5-13)19-15(8-10-18(25)24-19)12-3-9-17(23)16(22)11-12/h3-7,9,11,15,19H,8,10H2,1-2H3,(H,24,25)/t15-,19+/m1/s1. The number of nitrogens with one attached hydrogen (secondary N) is 1. The Kier molecular flexibility index (Phi) is 5.08. The summed E-state index contributed by atoms with van der Waals surface area (Å²) in [4.78, 5) is 12.1. The first kappa shape index (κ1) is 18.2. The second kappa shape index (κ2) is 6.97. The Morgan fingerprint density at radius 1 is 1.12 bits per heavy atom.